The minimum Gasteiger partial charge on any atom is -0.320 e. The lowest BCUT2D eigenvalue weighted by atomic mass is 9.83. The molecular formula is C10H22N2. The van der Waals surface area contributed by atoms with Gasteiger partial charge in [-0.05, 0) is 45.8 Å². The number of hydrogen-bond donors (Lipinski definition) is 2. The Morgan fingerprint density at radius 1 is 1.42 bits per heavy atom. The van der Waals surface area contributed by atoms with Gasteiger partial charge in [-0.15, -0.1) is 0 Å². The molecule has 1 fully saturated rings. The number of nitrogens with one attached hydrogen (secondary N) is 2. The molecule has 1 heterocycles. The van der Waals surface area contributed by atoms with E-state index in [1.807, 2.05) is 7.05 Å². The molecule has 1 aliphatic rings. The number of piperidine rings is 1. The molecule has 0 aromatic rings. The Morgan fingerprint density at radius 2 is 2.25 bits per heavy atom. The van der Waals surface area contributed by atoms with E-state index in [4.69, 9.17) is 0 Å². The van der Waals surface area contributed by atoms with E-state index < -0.39 is 0 Å². The van der Waals surface area contributed by atoms with Crippen LogP contribution in [0.3, 0.4) is 0 Å². The predicted molar refractivity (Wildman–Crippen MR) is 53.4 cm³/mol. The van der Waals surface area contributed by atoms with Crippen molar-refractivity contribution in [2.75, 3.05) is 20.1 Å². The summed E-state index contributed by atoms with van der Waals surface area (Å²) in [5.41, 5.74) is 0.460. The van der Waals surface area contributed by atoms with E-state index in [1.165, 1.54) is 38.6 Å². The van der Waals surface area contributed by atoms with Gasteiger partial charge in [-0.2, -0.15) is 0 Å². The van der Waals surface area contributed by atoms with Crippen molar-refractivity contribution in [1.29, 1.82) is 0 Å². The topological polar surface area (TPSA) is 24.1 Å². The van der Waals surface area contributed by atoms with Crippen molar-refractivity contribution >= 4 is 0 Å². The van der Waals surface area contributed by atoms with Crippen LogP contribution in [0.4, 0.5) is 0 Å². The Labute approximate surface area is 76.1 Å². The Kier molecular flexibility index (Phi) is 4.02. The lowest BCUT2D eigenvalue weighted by Crippen LogP contribution is -2.49. The summed E-state index contributed by atoms with van der Waals surface area (Å²) in [6.07, 6.45) is 6.69. The zero-order valence-electron chi connectivity index (χ0n) is 8.45. The van der Waals surface area contributed by atoms with E-state index in [0.29, 0.717) is 5.54 Å². The highest BCUT2D eigenvalue weighted by Gasteiger charge is 2.28. The van der Waals surface area contributed by atoms with Crippen molar-refractivity contribution < 1.29 is 0 Å². The summed E-state index contributed by atoms with van der Waals surface area (Å²) in [6, 6.07) is 0. The van der Waals surface area contributed by atoms with Crippen LogP contribution in [0.15, 0.2) is 0 Å². The van der Waals surface area contributed by atoms with Crippen LogP contribution in [0.2, 0.25) is 0 Å². The third kappa shape index (κ3) is 2.46. The molecule has 72 valence electrons. The smallest absolute Gasteiger partial charge is 0.0191 e. The molecule has 0 aliphatic carbocycles. The van der Waals surface area contributed by atoms with Crippen LogP contribution in [0.25, 0.3) is 0 Å². The molecule has 0 aromatic heterocycles. The molecule has 0 spiro atoms. The quantitative estimate of drug-likeness (QED) is 0.668. The van der Waals surface area contributed by atoms with Crippen LogP contribution < -0.4 is 10.6 Å². The third-order valence-corrected chi connectivity index (χ3v) is 3.11. The molecule has 2 nitrogen and oxygen atoms in total. The van der Waals surface area contributed by atoms with Crippen LogP contribution >= 0.6 is 0 Å². The maximum Gasteiger partial charge on any atom is 0.0191 e. The van der Waals surface area contributed by atoms with Gasteiger partial charge < -0.3 is 10.6 Å². The molecule has 0 amide bonds. The van der Waals surface area contributed by atoms with E-state index in [2.05, 4.69) is 17.6 Å². The van der Waals surface area contributed by atoms with Crippen molar-refractivity contribution in [3.63, 3.8) is 0 Å². The first-order chi connectivity index (χ1) is 5.83. The molecule has 1 rings (SSSR count). The molecule has 1 atom stereocenters. The first-order valence-corrected chi connectivity index (χ1v) is 5.22. The fourth-order valence-corrected chi connectivity index (χ4v) is 2.09. The molecule has 2 N–H and O–H groups in total. The summed E-state index contributed by atoms with van der Waals surface area (Å²) in [5, 5.41) is 6.91. The maximum absolute atomic E-state index is 3.68. The summed E-state index contributed by atoms with van der Waals surface area (Å²) in [4.78, 5) is 0. The average molecular weight is 170 g/mol. The fourth-order valence-electron chi connectivity index (χ4n) is 2.09. The third-order valence-electron chi connectivity index (χ3n) is 3.11. The molecule has 2 heteroatoms. The molecule has 1 saturated heterocycles. The Hall–Kier alpha value is -0.0800. The SMILES string of the molecule is CCC1(CCNC)CCCCN1. The van der Waals surface area contributed by atoms with E-state index in [9.17, 15) is 0 Å². The van der Waals surface area contributed by atoms with Crippen molar-refractivity contribution in [3.05, 3.63) is 0 Å². The average Bonchev–Trinajstić information content (AvgIpc) is 2.16. The Balaban J connectivity index is 2.37. The van der Waals surface area contributed by atoms with Gasteiger partial charge in [0.25, 0.3) is 0 Å². The van der Waals surface area contributed by atoms with E-state index >= 15 is 0 Å². The second-order valence-electron chi connectivity index (χ2n) is 3.87. The summed E-state index contributed by atoms with van der Waals surface area (Å²) in [7, 11) is 2.03. The molecule has 1 unspecified atom stereocenters. The normalized spacial score (nSPS) is 30.5. The molecule has 0 aromatic carbocycles. The summed E-state index contributed by atoms with van der Waals surface area (Å²) in [6.45, 7) is 4.66. The standard InChI is InChI=1S/C10H22N2/c1-3-10(7-9-11-2)6-4-5-8-12-10/h11-12H,3-9H2,1-2H3. The van der Waals surface area contributed by atoms with Gasteiger partial charge in [-0.25, -0.2) is 0 Å². The van der Waals surface area contributed by atoms with Crippen molar-refractivity contribution in [2.45, 2.75) is 44.6 Å². The molecule has 1 aliphatic heterocycles. The minimum absolute atomic E-state index is 0.460. The van der Waals surface area contributed by atoms with Crippen LogP contribution in [0.5, 0.6) is 0 Å². The second-order valence-corrected chi connectivity index (χ2v) is 3.87. The minimum atomic E-state index is 0.460. The summed E-state index contributed by atoms with van der Waals surface area (Å²) < 4.78 is 0. The Bertz CT molecular complexity index is 117. The zero-order valence-corrected chi connectivity index (χ0v) is 8.45. The van der Waals surface area contributed by atoms with E-state index in [0.717, 1.165) is 6.54 Å². The number of rotatable bonds is 4. The second kappa shape index (κ2) is 4.83. The number of hydrogen-bond acceptors (Lipinski definition) is 2. The van der Waals surface area contributed by atoms with Crippen LogP contribution in [0, 0.1) is 0 Å². The lowest BCUT2D eigenvalue weighted by molar-refractivity contribution is 0.228. The lowest BCUT2D eigenvalue weighted by Gasteiger charge is -2.38. The Morgan fingerprint density at radius 3 is 2.75 bits per heavy atom. The van der Waals surface area contributed by atoms with Crippen molar-refractivity contribution in [1.82, 2.24) is 10.6 Å². The van der Waals surface area contributed by atoms with Crippen LogP contribution in [-0.2, 0) is 0 Å². The monoisotopic (exact) mass is 170 g/mol. The van der Waals surface area contributed by atoms with Gasteiger partial charge in [0.05, 0.1) is 0 Å². The van der Waals surface area contributed by atoms with Gasteiger partial charge in [-0.3, -0.25) is 0 Å². The van der Waals surface area contributed by atoms with Gasteiger partial charge in [0.1, 0.15) is 0 Å². The van der Waals surface area contributed by atoms with E-state index in [1.54, 1.807) is 0 Å². The first kappa shape index (κ1) is 10.0. The summed E-state index contributed by atoms with van der Waals surface area (Å²) in [5.74, 6) is 0. The first-order valence-electron chi connectivity index (χ1n) is 5.22. The van der Waals surface area contributed by atoms with Crippen LogP contribution in [0.1, 0.15) is 39.0 Å². The molecule has 12 heavy (non-hydrogen) atoms. The molecule has 0 saturated carbocycles. The zero-order chi connectivity index (χ0) is 8.86. The molecular weight excluding hydrogens is 148 g/mol. The van der Waals surface area contributed by atoms with Crippen molar-refractivity contribution in [2.24, 2.45) is 0 Å². The highest BCUT2D eigenvalue weighted by molar-refractivity contribution is 4.89. The van der Waals surface area contributed by atoms with Gasteiger partial charge in [0.15, 0.2) is 0 Å². The predicted octanol–water partition coefficient (Wildman–Crippen LogP) is 1.52. The van der Waals surface area contributed by atoms with Gasteiger partial charge in [0, 0.05) is 5.54 Å². The fraction of sp³-hybridized carbons (Fsp3) is 1.00. The van der Waals surface area contributed by atoms with Crippen LogP contribution in [-0.4, -0.2) is 25.7 Å². The molecule has 0 bridgehead atoms. The highest BCUT2D eigenvalue weighted by Crippen LogP contribution is 2.25. The molecule has 0 radical (unpaired) electrons. The summed E-state index contributed by atoms with van der Waals surface area (Å²) >= 11 is 0. The maximum atomic E-state index is 3.68. The highest BCUT2D eigenvalue weighted by atomic mass is 15.0. The van der Waals surface area contributed by atoms with Crippen molar-refractivity contribution in [3.8, 4) is 0 Å². The van der Waals surface area contributed by atoms with E-state index in [-0.39, 0.29) is 0 Å². The van der Waals surface area contributed by atoms with Gasteiger partial charge >= 0.3 is 0 Å². The van der Waals surface area contributed by atoms with Gasteiger partial charge in [-0.1, -0.05) is 13.3 Å². The van der Waals surface area contributed by atoms with Gasteiger partial charge in [0.2, 0.25) is 0 Å². The largest absolute Gasteiger partial charge is 0.320 e.